The van der Waals surface area contributed by atoms with Crippen LogP contribution in [0.25, 0.3) is 49.7 Å². The highest BCUT2D eigenvalue weighted by molar-refractivity contribution is 6.09. The van der Waals surface area contributed by atoms with Gasteiger partial charge >= 0.3 is 0 Å². The van der Waals surface area contributed by atoms with Crippen molar-refractivity contribution >= 4 is 38.9 Å². The molecule has 0 saturated heterocycles. The van der Waals surface area contributed by atoms with E-state index in [0.717, 1.165) is 23.7 Å². The number of nitrogens with zero attached hydrogens (tertiary/aromatic N) is 2. The van der Waals surface area contributed by atoms with Crippen LogP contribution in [0.3, 0.4) is 0 Å². The van der Waals surface area contributed by atoms with Crippen molar-refractivity contribution in [2.45, 2.75) is 37.5 Å². The first-order valence-corrected chi connectivity index (χ1v) is 20.0. The fourth-order valence-corrected chi connectivity index (χ4v) is 12.1. The minimum Gasteiger partial charge on any atom is -0.310 e. The number of hydrogen-bond acceptors (Lipinski definition) is 1. The molecular weight excluding hydrogens is 653 g/mol. The molecule has 1 heterocycles. The zero-order valence-corrected chi connectivity index (χ0v) is 30.4. The average molecular weight is 695 g/mol. The highest BCUT2D eigenvalue weighted by atomic mass is 15.1. The second-order valence-corrected chi connectivity index (χ2v) is 16.6. The topological polar surface area (TPSA) is 8.17 Å². The number of hydrogen-bond donors (Lipinski definition) is 0. The van der Waals surface area contributed by atoms with Crippen molar-refractivity contribution in [3.05, 3.63) is 181 Å². The predicted molar refractivity (Wildman–Crippen MR) is 224 cm³/mol. The second kappa shape index (κ2) is 11.6. The maximum absolute atomic E-state index is 2.61. The van der Waals surface area contributed by atoms with Gasteiger partial charge in [-0.2, -0.15) is 0 Å². The molecule has 2 heteroatoms. The highest BCUT2D eigenvalue weighted by Crippen LogP contribution is 2.69. The van der Waals surface area contributed by atoms with Crippen LogP contribution < -0.4 is 4.90 Å². The summed E-state index contributed by atoms with van der Waals surface area (Å²) in [6, 6.07) is 63.6. The van der Waals surface area contributed by atoms with Gasteiger partial charge in [0.05, 0.1) is 11.0 Å². The molecule has 1 spiro atoms. The van der Waals surface area contributed by atoms with Crippen LogP contribution in [-0.4, -0.2) is 4.57 Å². The van der Waals surface area contributed by atoms with Crippen molar-refractivity contribution in [2.24, 2.45) is 23.7 Å². The average Bonchev–Trinajstić information content (AvgIpc) is 3.71. The monoisotopic (exact) mass is 694 g/mol. The van der Waals surface area contributed by atoms with Crippen molar-refractivity contribution < 1.29 is 0 Å². The van der Waals surface area contributed by atoms with Gasteiger partial charge in [-0.05, 0) is 150 Å². The molecule has 0 radical (unpaired) electrons. The Hall–Kier alpha value is -5.86. The van der Waals surface area contributed by atoms with E-state index >= 15 is 0 Å². The Morgan fingerprint density at radius 1 is 0.426 bits per heavy atom. The molecule has 0 atom stereocenters. The van der Waals surface area contributed by atoms with Gasteiger partial charge in [0.15, 0.2) is 0 Å². The number of anilines is 3. The molecule has 0 aliphatic heterocycles. The minimum atomic E-state index is 0.124. The van der Waals surface area contributed by atoms with Crippen LogP contribution in [0.4, 0.5) is 17.1 Å². The number of para-hydroxylation sites is 2. The lowest BCUT2D eigenvalue weighted by Gasteiger charge is -2.61. The lowest BCUT2D eigenvalue weighted by Crippen LogP contribution is -2.55. The van der Waals surface area contributed by atoms with Crippen LogP contribution >= 0.6 is 0 Å². The van der Waals surface area contributed by atoms with Crippen LogP contribution in [0.1, 0.15) is 43.2 Å². The smallest absolute Gasteiger partial charge is 0.0541 e. The number of fused-ring (bicyclic) bond motifs is 6. The Morgan fingerprint density at radius 3 is 1.61 bits per heavy atom. The molecule has 0 N–H and O–H groups in total. The Kier molecular flexibility index (Phi) is 6.55. The molecular formula is C52H42N2. The predicted octanol–water partition coefficient (Wildman–Crippen LogP) is 13.6. The zero-order valence-electron chi connectivity index (χ0n) is 30.4. The Balaban J connectivity index is 1.02. The Morgan fingerprint density at radius 2 is 0.944 bits per heavy atom. The third-order valence-electron chi connectivity index (χ3n) is 14.0. The van der Waals surface area contributed by atoms with Gasteiger partial charge in [-0.25, -0.2) is 0 Å². The van der Waals surface area contributed by atoms with Crippen molar-refractivity contribution in [1.82, 2.24) is 4.57 Å². The third kappa shape index (κ3) is 4.28. The largest absolute Gasteiger partial charge is 0.310 e. The SMILES string of the molecule is c1ccc(-c2ccc(N(c3ccc(-n4c5ccccc5c5ccccc54)cc3)c3ccc4c(c3)C3(c5ccccc5-4)C4CC5CC(C4)CC3C5)cc2)cc1. The van der Waals surface area contributed by atoms with Gasteiger partial charge in [0.1, 0.15) is 0 Å². The number of rotatable bonds is 5. The maximum Gasteiger partial charge on any atom is 0.0541 e. The highest BCUT2D eigenvalue weighted by Gasteiger charge is 2.61. The third-order valence-corrected chi connectivity index (χ3v) is 14.0. The first-order chi connectivity index (χ1) is 26.7. The fourth-order valence-electron chi connectivity index (χ4n) is 12.1. The molecule has 1 aromatic heterocycles. The normalized spacial score (nSPS) is 23.3. The van der Waals surface area contributed by atoms with E-state index in [1.807, 2.05) is 0 Å². The van der Waals surface area contributed by atoms with E-state index in [4.69, 9.17) is 0 Å². The quantitative estimate of drug-likeness (QED) is 0.174. The van der Waals surface area contributed by atoms with Crippen molar-refractivity contribution in [1.29, 1.82) is 0 Å². The van der Waals surface area contributed by atoms with E-state index < -0.39 is 0 Å². The molecule has 4 fully saturated rings. The number of aromatic nitrogens is 1. The first-order valence-electron chi connectivity index (χ1n) is 20.0. The van der Waals surface area contributed by atoms with E-state index in [1.165, 1.54) is 98.9 Å². The van der Waals surface area contributed by atoms with Gasteiger partial charge in [0.25, 0.3) is 0 Å². The molecule has 7 aromatic carbocycles. The van der Waals surface area contributed by atoms with Gasteiger partial charge in [0.2, 0.25) is 0 Å². The lowest BCUT2D eigenvalue weighted by atomic mass is 9.43. The molecule has 8 aromatic rings. The minimum absolute atomic E-state index is 0.124. The molecule has 13 rings (SSSR count). The summed E-state index contributed by atoms with van der Waals surface area (Å²) in [6.07, 6.45) is 7.02. The van der Waals surface area contributed by atoms with Crippen LogP contribution in [0, 0.1) is 23.7 Å². The summed E-state index contributed by atoms with van der Waals surface area (Å²) >= 11 is 0. The molecule has 4 bridgehead atoms. The van der Waals surface area contributed by atoms with Gasteiger partial charge in [-0.1, -0.05) is 109 Å². The molecule has 5 aliphatic carbocycles. The molecule has 260 valence electrons. The second-order valence-electron chi connectivity index (χ2n) is 16.6. The lowest BCUT2D eigenvalue weighted by molar-refractivity contribution is -0.0399. The molecule has 4 saturated carbocycles. The summed E-state index contributed by atoms with van der Waals surface area (Å²) in [6.45, 7) is 0. The Bertz CT molecular complexity index is 2640. The van der Waals surface area contributed by atoms with Crippen molar-refractivity contribution in [3.8, 4) is 27.9 Å². The first kappa shape index (κ1) is 30.6. The van der Waals surface area contributed by atoms with Gasteiger partial charge in [-0.3, -0.25) is 0 Å². The van der Waals surface area contributed by atoms with Gasteiger partial charge in [0, 0.05) is 38.9 Å². The summed E-state index contributed by atoms with van der Waals surface area (Å²) in [5, 5.41) is 2.57. The summed E-state index contributed by atoms with van der Waals surface area (Å²) in [7, 11) is 0. The molecule has 2 nitrogen and oxygen atoms in total. The van der Waals surface area contributed by atoms with Crippen LogP contribution in [0.2, 0.25) is 0 Å². The van der Waals surface area contributed by atoms with Crippen LogP contribution in [-0.2, 0) is 5.41 Å². The van der Waals surface area contributed by atoms with E-state index in [0.29, 0.717) is 0 Å². The van der Waals surface area contributed by atoms with Gasteiger partial charge in [-0.15, -0.1) is 0 Å². The summed E-state index contributed by atoms with van der Waals surface area (Å²) < 4.78 is 2.41. The van der Waals surface area contributed by atoms with E-state index in [2.05, 4.69) is 179 Å². The van der Waals surface area contributed by atoms with E-state index in [1.54, 1.807) is 11.1 Å². The van der Waals surface area contributed by atoms with Crippen LogP contribution in [0.15, 0.2) is 170 Å². The van der Waals surface area contributed by atoms with E-state index in [-0.39, 0.29) is 5.41 Å². The zero-order chi connectivity index (χ0) is 35.4. The molecule has 0 unspecified atom stereocenters. The standard InChI is InChI=1S/C52H42N2/c1-2-10-36(11-3-1)37-18-20-40(21-19-37)53(41-22-24-42(25-23-41)54-50-16-8-5-13-46(50)47-14-6-9-17-51(47)54)43-26-27-45-44-12-4-7-15-48(44)52(49(45)33-43)38-29-34-28-35(31-38)32-39(52)30-34/h1-27,33-35,38-39H,28-32H2. The molecule has 5 aliphatic rings. The van der Waals surface area contributed by atoms with E-state index in [9.17, 15) is 0 Å². The fraction of sp³-hybridized carbons (Fsp3) is 0.192. The molecule has 54 heavy (non-hydrogen) atoms. The molecule has 0 amide bonds. The number of benzene rings is 7. The van der Waals surface area contributed by atoms with Crippen molar-refractivity contribution in [2.75, 3.05) is 4.90 Å². The summed E-state index contributed by atoms with van der Waals surface area (Å²) in [5.74, 6) is 3.31. The van der Waals surface area contributed by atoms with Crippen molar-refractivity contribution in [3.63, 3.8) is 0 Å². The van der Waals surface area contributed by atoms with Crippen LogP contribution in [0.5, 0.6) is 0 Å². The summed E-state index contributed by atoms with van der Waals surface area (Å²) in [4.78, 5) is 2.50. The Labute approximate surface area is 317 Å². The maximum atomic E-state index is 2.61. The van der Waals surface area contributed by atoms with Gasteiger partial charge < -0.3 is 9.47 Å². The summed E-state index contributed by atoms with van der Waals surface area (Å²) in [5.41, 5.74) is 16.0.